The van der Waals surface area contributed by atoms with Crippen LogP contribution in [0.1, 0.15) is 37.7 Å². The zero-order valence-corrected chi connectivity index (χ0v) is 14.1. The summed E-state index contributed by atoms with van der Waals surface area (Å²) in [4.78, 5) is 14.7. The average Bonchev–Trinajstić information content (AvgIpc) is 2.98. The van der Waals surface area contributed by atoms with Crippen LogP contribution in [0, 0.1) is 17.8 Å². The fourth-order valence-corrected chi connectivity index (χ4v) is 5.92. The van der Waals surface area contributed by atoms with Gasteiger partial charge in [-0.05, 0) is 42.6 Å². The molecule has 0 N–H and O–H groups in total. The molecule has 3 heteroatoms. The van der Waals surface area contributed by atoms with E-state index in [1.807, 2.05) is 0 Å². The van der Waals surface area contributed by atoms with Gasteiger partial charge in [0.05, 0.1) is 0 Å². The number of rotatable bonds is 3. The van der Waals surface area contributed by atoms with E-state index in [9.17, 15) is 4.79 Å². The summed E-state index contributed by atoms with van der Waals surface area (Å²) < 4.78 is 0. The number of thioether (sulfide) groups is 1. The zero-order chi connectivity index (χ0) is 15.1. The van der Waals surface area contributed by atoms with Gasteiger partial charge >= 0.3 is 0 Å². The van der Waals surface area contributed by atoms with Gasteiger partial charge in [-0.1, -0.05) is 37.3 Å². The lowest BCUT2D eigenvalue weighted by Crippen LogP contribution is -2.30. The van der Waals surface area contributed by atoms with E-state index in [0.717, 1.165) is 19.5 Å². The van der Waals surface area contributed by atoms with Crippen molar-refractivity contribution in [1.82, 2.24) is 4.90 Å². The summed E-state index contributed by atoms with van der Waals surface area (Å²) in [5, 5.41) is 0.708. The molecular formula is C19H25NOS. The number of hydrogen-bond donors (Lipinski definition) is 0. The zero-order valence-electron chi connectivity index (χ0n) is 13.3. The summed E-state index contributed by atoms with van der Waals surface area (Å²) in [6.45, 7) is 4.25. The van der Waals surface area contributed by atoms with Gasteiger partial charge in [0, 0.05) is 30.0 Å². The minimum absolute atomic E-state index is 0.345. The lowest BCUT2D eigenvalue weighted by Gasteiger charge is -2.17. The second kappa shape index (κ2) is 5.92. The van der Waals surface area contributed by atoms with E-state index >= 15 is 0 Å². The molecule has 1 saturated carbocycles. The lowest BCUT2D eigenvalue weighted by atomic mass is 9.95. The van der Waals surface area contributed by atoms with E-state index in [-0.39, 0.29) is 0 Å². The smallest absolute Gasteiger partial charge is 0.226 e. The molecule has 1 amide bonds. The molecule has 0 bridgehead atoms. The summed E-state index contributed by atoms with van der Waals surface area (Å²) in [6.07, 6.45) is 3.60. The Morgan fingerprint density at radius 2 is 2.05 bits per heavy atom. The summed E-state index contributed by atoms with van der Waals surface area (Å²) in [5.74, 6) is 4.08. The van der Waals surface area contributed by atoms with Gasteiger partial charge in [-0.2, -0.15) is 11.8 Å². The molecule has 1 aromatic rings. The van der Waals surface area contributed by atoms with Crippen LogP contribution in [-0.4, -0.2) is 34.9 Å². The normalized spacial score (nSPS) is 37.5. The van der Waals surface area contributed by atoms with Crippen LogP contribution >= 0.6 is 11.8 Å². The van der Waals surface area contributed by atoms with Gasteiger partial charge in [-0.15, -0.1) is 0 Å². The molecule has 4 rings (SSSR count). The Balaban J connectivity index is 1.33. The Morgan fingerprint density at radius 3 is 2.77 bits per heavy atom. The number of carbonyl (C=O) groups is 1. The van der Waals surface area contributed by atoms with Gasteiger partial charge in [-0.3, -0.25) is 4.79 Å². The first-order valence-corrected chi connectivity index (χ1v) is 9.72. The molecule has 2 heterocycles. The Labute approximate surface area is 137 Å². The Bertz CT molecular complexity index is 546. The lowest BCUT2D eigenvalue weighted by molar-refractivity contribution is -0.131. The molecule has 2 saturated heterocycles. The van der Waals surface area contributed by atoms with Crippen molar-refractivity contribution in [2.75, 3.05) is 18.8 Å². The molecule has 118 valence electrons. The number of carbonyl (C=O) groups excluding carboxylic acids is 1. The first-order valence-electron chi connectivity index (χ1n) is 8.67. The van der Waals surface area contributed by atoms with Gasteiger partial charge in [0.25, 0.3) is 0 Å². The molecule has 5 atom stereocenters. The van der Waals surface area contributed by atoms with E-state index in [2.05, 4.69) is 53.9 Å². The molecule has 0 spiro atoms. The van der Waals surface area contributed by atoms with Crippen molar-refractivity contribution >= 4 is 17.7 Å². The maximum atomic E-state index is 12.6. The number of likely N-dealkylation sites (tertiary alicyclic amines) is 1. The number of amides is 1. The minimum atomic E-state index is 0.345. The number of hydrogen-bond acceptors (Lipinski definition) is 2. The van der Waals surface area contributed by atoms with Gasteiger partial charge in [-0.25, -0.2) is 0 Å². The summed E-state index contributed by atoms with van der Waals surface area (Å²) >= 11 is 2.11. The third kappa shape index (κ3) is 2.80. The van der Waals surface area contributed by atoms with Crippen molar-refractivity contribution < 1.29 is 4.79 Å². The molecule has 1 aromatic carbocycles. The van der Waals surface area contributed by atoms with Crippen molar-refractivity contribution in [2.24, 2.45) is 17.8 Å². The highest BCUT2D eigenvalue weighted by molar-refractivity contribution is 8.00. The van der Waals surface area contributed by atoms with Crippen molar-refractivity contribution in [1.29, 1.82) is 0 Å². The van der Waals surface area contributed by atoms with Crippen LogP contribution in [0.2, 0.25) is 0 Å². The minimum Gasteiger partial charge on any atom is -0.342 e. The average molecular weight is 315 g/mol. The Hall–Kier alpha value is -0.960. The van der Waals surface area contributed by atoms with Crippen molar-refractivity contribution in [3.8, 4) is 0 Å². The summed E-state index contributed by atoms with van der Waals surface area (Å²) in [6, 6.07) is 10.9. The molecule has 0 radical (unpaired) electrons. The first-order chi connectivity index (χ1) is 10.7. The van der Waals surface area contributed by atoms with Crippen LogP contribution in [0.25, 0.3) is 0 Å². The second-order valence-corrected chi connectivity index (χ2v) is 8.67. The van der Waals surface area contributed by atoms with E-state index < -0.39 is 0 Å². The molecule has 22 heavy (non-hydrogen) atoms. The van der Waals surface area contributed by atoms with E-state index in [0.29, 0.717) is 34.8 Å². The topological polar surface area (TPSA) is 20.3 Å². The molecule has 1 aliphatic carbocycles. The quantitative estimate of drug-likeness (QED) is 0.846. The fourth-order valence-electron chi connectivity index (χ4n) is 4.19. The van der Waals surface area contributed by atoms with Crippen LogP contribution in [0.5, 0.6) is 0 Å². The SMILES string of the molecule is CC1CCN(C(=O)C2CC2C2CC(c3ccccc3)CS2)C1. The van der Waals surface area contributed by atoms with Gasteiger partial charge in [0.1, 0.15) is 0 Å². The molecule has 0 aromatic heterocycles. The van der Waals surface area contributed by atoms with Crippen LogP contribution in [0.4, 0.5) is 0 Å². The van der Waals surface area contributed by atoms with Gasteiger partial charge < -0.3 is 4.90 Å². The molecule has 5 unspecified atom stereocenters. The van der Waals surface area contributed by atoms with Crippen molar-refractivity contribution in [3.05, 3.63) is 35.9 Å². The van der Waals surface area contributed by atoms with Gasteiger partial charge in [0.2, 0.25) is 5.91 Å². The summed E-state index contributed by atoms with van der Waals surface area (Å²) in [7, 11) is 0. The Kier molecular flexibility index (Phi) is 3.93. The van der Waals surface area contributed by atoms with Crippen LogP contribution in [0.3, 0.4) is 0 Å². The van der Waals surface area contributed by atoms with Gasteiger partial charge in [0.15, 0.2) is 0 Å². The third-order valence-corrected chi connectivity index (χ3v) is 7.23. The maximum absolute atomic E-state index is 12.6. The maximum Gasteiger partial charge on any atom is 0.226 e. The fraction of sp³-hybridized carbons (Fsp3) is 0.632. The molecule has 3 fully saturated rings. The largest absolute Gasteiger partial charge is 0.342 e. The van der Waals surface area contributed by atoms with Crippen LogP contribution < -0.4 is 0 Å². The highest BCUT2D eigenvalue weighted by Crippen LogP contribution is 2.53. The predicted octanol–water partition coefficient (Wildman–Crippen LogP) is 3.78. The van der Waals surface area contributed by atoms with Crippen LogP contribution in [-0.2, 0) is 4.79 Å². The van der Waals surface area contributed by atoms with Crippen molar-refractivity contribution in [3.63, 3.8) is 0 Å². The highest BCUT2D eigenvalue weighted by atomic mass is 32.2. The second-order valence-electron chi connectivity index (χ2n) is 7.40. The third-order valence-electron chi connectivity index (χ3n) is 5.67. The first kappa shape index (κ1) is 14.6. The monoisotopic (exact) mass is 315 g/mol. The van der Waals surface area contributed by atoms with E-state index in [4.69, 9.17) is 0 Å². The molecule has 2 nitrogen and oxygen atoms in total. The van der Waals surface area contributed by atoms with Crippen LogP contribution in [0.15, 0.2) is 30.3 Å². The number of nitrogens with zero attached hydrogens (tertiary/aromatic N) is 1. The molecular weight excluding hydrogens is 290 g/mol. The van der Waals surface area contributed by atoms with E-state index in [1.54, 1.807) is 0 Å². The highest BCUT2D eigenvalue weighted by Gasteiger charge is 2.51. The molecule has 3 aliphatic rings. The molecule has 2 aliphatic heterocycles. The number of benzene rings is 1. The predicted molar refractivity (Wildman–Crippen MR) is 92.0 cm³/mol. The van der Waals surface area contributed by atoms with Crippen molar-refractivity contribution in [2.45, 2.75) is 37.4 Å². The van der Waals surface area contributed by atoms with E-state index in [1.165, 1.54) is 24.2 Å². The Morgan fingerprint density at radius 1 is 1.23 bits per heavy atom. The standard InChI is InChI=1S/C19H25NOS/c1-13-7-8-20(11-13)19(21)17-10-16(17)18-9-15(12-22-18)14-5-3-2-4-6-14/h2-6,13,15-18H,7-12H2,1H3. The summed E-state index contributed by atoms with van der Waals surface area (Å²) in [5.41, 5.74) is 1.48.